The summed E-state index contributed by atoms with van der Waals surface area (Å²) in [6.45, 7) is 8.14. The lowest BCUT2D eigenvalue weighted by atomic mass is 9.66. The number of likely N-dealkylation sites (N-methyl/N-ethyl adjacent to an activating group) is 1. The molecule has 2 aromatic carbocycles. The first-order chi connectivity index (χ1) is 15.9. The molecule has 0 saturated carbocycles. The zero-order chi connectivity index (χ0) is 24.4. The minimum absolute atomic E-state index is 0.000945. The molecule has 180 valence electrons. The minimum Gasteiger partial charge on any atom is -0.497 e. The third kappa shape index (κ3) is 5.98. The molecule has 0 N–H and O–H groups in total. The van der Waals surface area contributed by atoms with Gasteiger partial charge < -0.3 is 18.9 Å². The van der Waals surface area contributed by atoms with Gasteiger partial charge in [0.2, 0.25) is 0 Å². The number of ether oxygens (including phenoxy) is 4. The highest BCUT2D eigenvalue weighted by molar-refractivity contribution is 5.48. The maximum absolute atomic E-state index is 10.5. The van der Waals surface area contributed by atoms with E-state index in [9.17, 15) is 5.26 Å². The first kappa shape index (κ1) is 26.5. The molecule has 0 amide bonds. The van der Waals surface area contributed by atoms with Gasteiger partial charge in [-0.1, -0.05) is 39.0 Å². The Balaban J connectivity index is 2.19. The van der Waals surface area contributed by atoms with Crippen LogP contribution in [-0.2, 0) is 16.8 Å². The number of methoxy groups -OCH3 is 3. The van der Waals surface area contributed by atoms with E-state index in [1.807, 2.05) is 42.5 Å². The Bertz CT molecular complexity index is 925. The van der Waals surface area contributed by atoms with Gasteiger partial charge in [-0.2, -0.15) is 5.26 Å². The predicted octanol–water partition coefficient (Wildman–Crippen LogP) is 5.06. The summed E-state index contributed by atoms with van der Waals surface area (Å²) in [5.74, 6) is 2.20. The van der Waals surface area contributed by atoms with Gasteiger partial charge in [0.15, 0.2) is 11.5 Å². The van der Waals surface area contributed by atoms with Gasteiger partial charge >= 0.3 is 0 Å². The lowest BCUT2D eigenvalue weighted by Gasteiger charge is -2.43. The zero-order valence-electron chi connectivity index (χ0n) is 21.1. The van der Waals surface area contributed by atoms with Crippen LogP contribution in [0.25, 0.3) is 0 Å². The van der Waals surface area contributed by atoms with Gasteiger partial charge in [0.05, 0.1) is 40.6 Å². The van der Waals surface area contributed by atoms with Crippen LogP contribution in [0.4, 0.5) is 0 Å². The van der Waals surface area contributed by atoms with E-state index in [1.165, 1.54) is 0 Å². The van der Waals surface area contributed by atoms with Crippen LogP contribution in [0.1, 0.15) is 38.3 Å². The van der Waals surface area contributed by atoms with Gasteiger partial charge in [-0.05, 0) is 54.8 Å². The lowest BCUT2D eigenvalue weighted by molar-refractivity contribution is 0.0673. The third-order valence-electron chi connectivity index (χ3n) is 6.39. The summed E-state index contributed by atoms with van der Waals surface area (Å²) in [4.78, 5) is 2.24. The summed E-state index contributed by atoms with van der Waals surface area (Å²) >= 11 is 0. The van der Waals surface area contributed by atoms with E-state index in [4.69, 9.17) is 18.9 Å². The number of rotatable bonds is 13. The SMILES string of the molecule is CCC(N(C)CCOCc1cccc(OC)c1)C(C#N)(c1ccc(OC)c(OC)c1)C(C)C. The summed E-state index contributed by atoms with van der Waals surface area (Å²) in [7, 11) is 6.96. The first-order valence-corrected chi connectivity index (χ1v) is 11.4. The van der Waals surface area contributed by atoms with Crippen molar-refractivity contribution < 1.29 is 18.9 Å². The molecule has 0 aliphatic rings. The average molecular weight is 455 g/mol. The van der Waals surface area contributed by atoms with E-state index in [0.29, 0.717) is 31.3 Å². The molecule has 0 fully saturated rings. The van der Waals surface area contributed by atoms with Gasteiger partial charge in [0.25, 0.3) is 0 Å². The highest BCUT2D eigenvalue weighted by Gasteiger charge is 2.45. The van der Waals surface area contributed by atoms with Gasteiger partial charge in [0.1, 0.15) is 11.2 Å². The van der Waals surface area contributed by atoms with Crippen molar-refractivity contribution in [1.29, 1.82) is 5.26 Å². The van der Waals surface area contributed by atoms with Gasteiger partial charge in [0, 0.05) is 12.6 Å². The van der Waals surface area contributed by atoms with E-state index in [1.54, 1.807) is 21.3 Å². The number of hydrogen-bond donors (Lipinski definition) is 0. The third-order valence-corrected chi connectivity index (χ3v) is 6.39. The molecule has 0 radical (unpaired) electrons. The maximum Gasteiger partial charge on any atom is 0.161 e. The topological polar surface area (TPSA) is 64.0 Å². The normalized spacial score (nSPS) is 13.9. The van der Waals surface area contributed by atoms with Crippen LogP contribution in [0.3, 0.4) is 0 Å². The Labute approximate surface area is 199 Å². The summed E-state index contributed by atoms with van der Waals surface area (Å²) in [6.07, 6.45) is 0.826. The second-order valence-electron chi connectivity index (χ2n) is 8.51. The van der Waals surface area contributed by atoms with Crippen molar-refractivity contribution in [3.05, 3.63) is 53.6 Å². The first-order valence-electron chi connectivity index (χ1n) is 11.4. The summed E-state index contributed by atoms with van der Waals surface area (Å²) < 4.78 is 22.2. The molecule has 2 aromatic rings. The predicted molar refractivity (Wildman–Crippen MR) is 131 cm³/mol. The molecule has 0 spiro atoms. The second kappa shape index (κ2) is 12.5. The van der Waals surface area contributed by atoms with Crippen molar-refractivity contribution >= 4 is 0 Å². The van der Waals surface area contributed by atoms with Crippen molar-refractivity contribution in [3.8, 4) is 23.3 Å². The Morgan fingerprint density at radius 1 is 1.00 bits per heavy atom. The molecule has 6 nitrogen and oxygen atoms in total. The fourth-order valence-corrected chi connectivity index (χ4v) is 4.57. The molecule has 6 heteroatoms. The van der Waals surface area contributed by atoms with E-state index < -0.39 is 5.41 Å². The van der Waals surface area contributed by atoms with Crippen molar-refractivity contribution in [1.82, 2.24) is 4.90 Å². The van der Waals surface area contributed by atoms with Crippen LogP contribution >= 0.6 is 0 Å². The Morgan fingerprint density at radius 3 is 2.30 bits per heavy atom. The maximum atomic E-state index is 10.5. The number of benzene rings is 2. The van der Waals surface area contributed by atoms with Gasteiger partial charge in [-0.3, -0.25) is 4.90 Å². The molecule has 2 unspecified atom stereocenters. The molecule has 0 aromatic heterocycles. The summed E-state index contributed by atoms with van der Waals surface area (Å²) in [5, 5.41) is 10.5. The number of hydrogen-bond acceptors (Lipinski definition) is 6. The van der Waals surface area contributed by atoms with Gasteiger partial charge in [-0.15, -0.1) is 0 Å². The second-order valence-corrected chi connectivity index (χ2v) is 8.51. The highest BCUT2D eigenvalue weighted by atomic mass is 16.5. The molecule has 0 aliphatic heterocycles. The average Bonchev–Trinajstić information content (AvgIpc) is 2.84. The van der Waals surface area contributed by atoms with E-state index in [2.05, 4.69) is 38.8 Å². The molecule has 0 saturated heterocycles. The fraction of sp³-hybridized carbons (Fsp3) is 0.519. The van der Waals surface area contributed by atoms with Gasteiger partial charge in [-0.25, -0.2) is 0 Å². The minimum atomic E-state index is -0.712. The summed E-state index contributed by atoms with van der Waals surface area (Å²) in [5.41, 5.74) is 1.30. The Kier molecular flexibility index (Phi) is 10.0. The van der Waals surface area contributed by atoms with E-state index >= 15 is 0 Å². The summed E-state index contributed by atoms with van der Waals surface area (Å²) in [6, 6.07) is 16.4. The molecule has 0 bridgehead atoms. The largest absolute Gasteiger partial charge is 0.497 e. The number of nitrogens with zero attached hydrogens (tertiary/aromatic N) is 2. The van der Waals surface area contributed by atoms with Crippen LogP contribution in [-0.4, -0.2) is 52.5 Å². The van der Waals surface area contributed by atoms with Crippen molar-refractivity contribution in [2.45, 2.75) is 45.3 Å². The van der Waals surface area contributed by atoms with Crippen molar-refractivity contribution in [3.63, 3.8) is 0 Å². The van der Waals surface area contributed by atoms with Crippen molar-refractivity contribution in [2.24, 2.45) is 5.92 Å². The van der Waals surface area contributed by atoms with Crippen LogP contribution in [0.15, 0.2) is 42.5 Å². The van der Waals surface area contributed by atoms with Crippen LogP contribution in [0.2, 0.25) is 0 Å². The van der Waals surface area contributed by atoms with Crippen LogP contribution in [0, 0.1) is 17.2 Å². The molecule has 2 atom stereocenters. The molecule has 33 heavy (non-hydrogen) atoms. The quantitative estimate of drug-likeness (QED) is 0.394. The molecule has 2 rings (SSSR count). The molecular formula is C27H38N2O4. The monoisotopic (exact) mass is 454 g/mol. The fourth-order valence-electron chi connectivity index (χ4n) is 4.57. The Morgan fingerprint density at radius 2 is 1.73 bits per heavy atom. The van der Waals surface area contributed by atoms with E-state index in [-0.39, 0.29) is 12.0 Å². The zero-order valence-corrected chi connectivity index (χ0v) is 21.1. The standard InChI is InChI=1S/C27H38N2O4/c1-8-26(29(4)14-15-33-18-21-10-9-11-23(16-21)30-5)27(19-28,20(2)3)22-12-13-24(31-6)25(17-22)32-7/h9-13,16-17,20,26H,8,14-15,18H2,1-7H3. The highest BCUT2D eigenvalue weighted by Crippen LogP contribution is 2.42. The molecule has 0 heterocycles. The van der Waals surface area contributed by atoms with Crippen LogP contribution < -0.4 is 14.2 Å². The number of nitriles is 1. The smallest absolute Gasteiger partial charge is 0.161 e. The van der Waals surface area contributed by atoms with Crippen LogP contribution in [0.5, 0.6) is 17.2 Å². The van der Waals surface area contributed by atoms with E-state index in [0.717, 1.165) is 23.3 Å². The van der Waals surface area contributed by atoms with Crippen molar-refractivity contribution in [2.75, 3.05) is 41.5 Å². The lowest BCUT2D eigenvalue weighted by Crippen LogP contribution is -2.52. The molecular weight excluding hydrogens is 416 g/mol. The molecule has 0 aliphatic carbocycles. The Hall–Kier alpha value is -2.75.